The molecule has 1 aliphatic rings. The van der Waals surface area contributed by atoms with E-state index in [0.29, 0.717) is 0 Å². The van der Waals surface area contributed by atoms with Crippen molar-refractivity contribution >= 4 is 10.8 Å². The molecule has 1 aliphatic heterocycles. The summed E-state index contributed by atoms with van der Waals surface area (Å²) in [6, 6.07) is 14.6. The minimum Gasteiger partial charge on any atom is -0.394 e. The molecule has 0 spiro atoms. The van der Waals surface area contributed by atoms with Gasteiger partial charge in [-0.15, -0.1) is 0 Å². The molecule has 3 nitrogen and oxygen atoms in total. The van der Waals surface area contributed by atoms with Crippen molar-refractivity contribution in [3.63, 3.8) is 0 Å². The van der Waals surface area contributed by atoms with Crippen LogP contribution in [-0.2, 0) is 10.3 Å². The van der Waals surface area contributed by atoms with Gasteiger partial charge in [0.15, 0.2) is 0 Å². The monoisotopic (exact) mass is 285 g/mol. The van der Waals surface area contributed by atoms with Crippen LogP contribution in [0.1, 0.15) is 25.3 Å². The van der Waals surface area contributed by atoms with Gasteiger partial charge in [0.05, 0.1) is 18.2 Å². The van der Waals surface area contributed by atoms with E-state index >= 15 is 0 Å². The lowest BCUT2D eigenvalue weighted by Crippen LogP contribution is -2.46. The van der Waals surface area contributed by atoms with E-state index in [-0.39, 0.29) is 12.7 Å². The van der Waals surface area contributed by atoms with Gasteiger partial charge in [0, 0.05) is 13.2 Å². The summed E-state index contributed by atoms with van der Waals surface area (Å²) in [5, 5.41) is 15.9. The normalized spacial score (nSPS) is 21.5. The van der Waals surface area contributed by atoms with Gasteiger partial charge < -0.3 is 15.2 Å². The van der Waals surface area contributed by atoms with Gasteiger partial charge in [-0.3, -0.25) is 0 Å². The first-order chi connectivity index (χ1) is 10.2. The molecular formula is C18H23NO2. The van der Waals surface area contributed by atoms with Crippen LogP contribution >= 0.6 is 0 Å². The minimum atomic E-state index is -0.452. The first kappa shape index (κ1) is 14.5. The highest BCUT2D eigenvalue weighted by Crippen LogP contribution is 2.29. The van der Waals surface area contributed by atoms with Gasteiger partial charge in [0.25, 0.3) is 0 Å². The van der Waals surface area contributed by atoms with E-state index < -0.39 is 5.54 Å². The first-order valence-electron chi connectivity index (χ1n) is 7.69. The van der Waals surface area contributed by atoms with E-state index in [2.05, 4.69) is 42.6 Å². The average Bonchev–Trinajstić information content (AvgIpc) is 3.05. The Labute approximate surface area is 125 Å². The van der Waals surface area contributed by atoms with Gasteiger partial charge in [-0.05, 0) is 36.1 Å². The van der Waals surface area contributed by atoms with Crippen molar-refractivity contribution in [1.82, 2.24) is 5.32 Å². The molecule has 1 saturated heterocycles. The second-order valence-electron chi connectivity index (χ2n) is 6.03. The Bertz CT molecular complexity index is 602. The molecule has 2 aromatic carbocycles. The summed E-state index contributed by atoms with van der Waals surface area (Å²) in [4.78, 5) is 0. The van der Waals surface area contributed by atoms with Crippen molar-refractivity contribution in [2.45, 2.75) is 31.4 Å². The number of hydrogen-bond donors (Lipinski definition) is 2. The zero-order chi connectivity index (χ0) is 14.7. The molecule has 2 unspecified atom stereocenters. The van der Waals surface area contributed by atoms with Crippen LogP contribution in [0.15, 0.2) is 42.5 Å². The highest BCUT2D eigenvalue weighted by Gasteiger charge is 2.28. The van der Waals surface area contributed by atoms with Crippen LogP contribution in [0.2, 0.25) is 0 Å². The van der Waals surface area contributed by atoms with Crippen molar-refractivity contribution in [2.24, 2.45) is 0 Å². The third-order valence-electron chi connectivity index (χ3n) is 4.44. The van der Waals surface area contributed by atoms with Gasteiger partial charge in [-0.2, -0.15) is 0 Å². The van der Waals surface area contributed by atoms with Gasteiger partial charge in [-0.1, -0.05) is 42.5 Å². The first-order valence-corrected chi connectivity index (χ1v) is 7.69. The predicted molar refractivity (Wildman–Crippen MR) is 85.4 cm³/mol. The number of benzene rings is 2. The molecule has 112 valence electrons. The fraction of sp³-hybridized carbons (Fsp3) is 0.444. The molecule has 1 heterocycles. The number of fused-ring (bicyclic) bond motifs is 1. The summed E-state index contributed by atoms with van der Waals surface area (Å²) in [7, 11) is 0. The third-order valence-corrected chi connectivity index (χ3v) is 4.44. The SMILES string of the molecule is CC(CO)(NCC1CCCO1)c1cccc2ccccc12. The van der Waals surface area contributed by atoms with E-state index in [1.165, 1.54) is 10.8 Å². The number of rotatable bonds is 5. The highest BCUT2D eigenvalue weighted by atomic mass is 16.5. The van der Waals surface area contributed by atoms with Crippen LogP contribution in [-0.4, -0.2) is 31.0 Å². The Balaban J connectivity index is 1.89. The highest BCUT2D eigenvalue weighted by molar-refractivity contribution is 5.86. The molecule has 2 atom stereocenters. The molecule has 0 aliphatic carbocycles. The molecule has 2 aromatic rings. The van der Waals surface area contributed by atoms with Crippen molar-refractivity contribution in [3.05, 3.63) is 48.0 Å². The fourth-order valence-corrected chi connectivity index (χ4v) is 3.09. The Morgan fingerprint density at radius 3 is 2.81 bits per heavy atom. The molecule has 0 saturated carbocycles. The summed E-state index contributed by atoms with van der Waals surface area (Å²) >= 11 is 0. The predicted octanol–water partition coefficient (Wildman–Crippen LogP) is 2.82. The maximum atomic E-state index is 9.97. The topological polar surface area (TPSA) is 41.5 Å². The maximum Gasteiger partial charge on any atom is 0.0700 e. The smallest absolute Gasteiger partial charge is 0.0700 e. The van der Waals surface area contributed by atoms with E-state index in [9.17, 15) is 5.11 Å². The second kappa shape index (κ2) is 6.14. The number of aliphatic hydroxyl groups is 1. The fourth-order valence-electron chi connectivity index (χ4n) is 3.09. The lowest BCUT2D eigenvalue weighted by atomic mass is 9.88. The summed E-state index contributed by atoms with van der Waals surface area (Å²) in [5.74, 6) is 0. The molecule has 1 fully saturated rings. The Kier molecular flexibility index (Phi) is 4.24. The van der Waals surface area contributed by atoms with Crippen molar-refractivity contribution < 1.29 is 9.84 Å². The third kappa shape index (κ3) is 2.95. The second-order valence-corrected chi connectivity index (χ2v) is 6.03. The van der Waals surface area contributed by atoms with E-state index in [0.717, 1.165) is 31.6 Å². The van der Waals surface area contributed by atoms with Crippen LogP contribution in [0, 0.1) is 0 Å². The van der Waals surface area contributed by atoms with E-state index in [4.69, 9.17) is 4.74 Å². The number of aliphatic hydroxyl groups excluding tert-OH is 1. The van der Waals surface area contributed by atoms with Crippen molar-refractivity contribution in [3.8, 4) is 0 Å². The quantitative estimate of drug-likeness (QED) is 0.887. The van der Waals surface area contributed by atoms with Crippen LogP contribution in [0.3, 0.4) is 0 Å². The summed E-state index contributed by atoms with van der Waals surface area (Å²) < 4.78 is 5.67. The van der Waals surface area contributed by atoms with Crippen LogP contribution in [0.5, 0.6) is 0 Å². The minimum absolute atomic E-state index is 0.0632. The van der Waals surface area contributed by atoms with Crippen molar-refractivity contribution in [1.29, 1.82) is 0 Å². The number of nitrogens with one attached hydrogen (secondary N) is 1. The summed E-state index contributed by atoms with van der Waals surface area (Å²) in [5.41, 5.74) is 0.688. The molecule has 0 bridgehead atoms. The molecule has 3 rings (SSSR count). The average molecular weight is 285 g/mol. The van der Waals surface area contributed by atoms with E-state index in [1.807, 2.05) is 12.1 Å². The molecular weight excluding hydrogens is 262 g/mol. The van der Waals surface area contributed by atoms with Gasteiger partial charge in [0.1, 0.15) is 0 Å². The largest absolute Gasteiger partial charge is 0.394 e. The Morgan fingerprint density at radius 2 is 2.05 bits per heavy atom. The Morgan fingerprint density at radius 1 is 1.24 bits per heavy atom. The maximum absolute atomic E-state index is 9.97. The van der Waals surface area contributed by atoms with Crippen LogP contribution < -0.4 is 5.32 Å². The van der Waals surface area contributed by atoms with Gasteiger partial charge in [-0.25, -0.2) is 0 Å². The molecule has 3 heteroatoms. The zero-order valence-electron chi connectivity index (χ0n) is 12.5. The Hall–Kier alpha value is -1.42. The van der Waals surface area contributed by atoms with Crippen LogP contribution in [0.4, 0.5) is 0 Å². The lowest BCUT2D eigenvalue weighted by molar-refractivity contribution is 0.0913. The number of ether oxygens (including phenoxy) is 1. The van der Waals surface area contributed by atoms with Crippen molar-refractivity contribution in [2.75, 3.05) is 19.8 Å². The molecule has 21 heavy (non-hydrogen) atoms. The molecule has 2 N–H and O–H groups in total. The zero-order valence-corrected chi connectivity index (χ0v) is 12.5. The molecule has 0 radical (unpaired) electrons. The summed E-state index contributed by atoms with van der Waals surface area (Å²) in [6.45, 7) is 3.76. The standard InChI is InChI=1S/C18H23NO2/c1-18(13-20,19-12-15-8-5-11-21-15)17-10-4-7-14-6-2-3-9-16(14)17/h2-4,6-7,9-10,15,19-20H,5,8,11-13H2,1H3. The van der Waals surface area contributed by atoms with Gasteiger partial charge >= 0.3 is 0 Å². The van der Waals surface area contributed by atoms with Gasteiger partial charge in [0.2, 0.25) is 0 Å². The molecule has 0 amide bonds. The van der Waals surface area contributed by atoms with Crippen LogP contribution in [0.25, 0.3) is 10.8 Å². The number of hydrogen-bond acceptors (Lipinski definition) is 3. The van der Waals surface area contributed by atoms with E-state index in [1.54, 1.807) is 0 Å². The lowest BCUT2D eigenvalue weighted by Gasteiger charge is -2.32. The molecule has 0 aromatic heterocycles. The summed E-state index contributed by atoms with van der Waals surface area (Å²) in [6.07, 6.45) is 2.51.